The number of hydrogen-bond donors (Lipinski definition) is 2. The third-order valence-corrected chi connectivity index (χ3v) is 6.13. The Kier molecular flexibility index (Phi) is 5.42. The normalized spacial score (nSPS) is 16.1. The molecule has 1 saturated heterocycles. The van der Waals surface area contributed by atoms with Gasteiger partial charge in [0.15, 0.2) is 4.32 Å². The number of aromatic carboxylic acids is 1. The van der Waals surface area contributed by atoms with Crippen LogP contribution < -0.4 is 4.83 Å². The van der Waals surface area contributed by atoms with Gasteiger partial charge in [-0.15, -0.1) is 4.83 Å². The highest BCUT2D eigenvalue weighted by Gasteiger charge is 2.35. The predicted octanol–water partition coefficient (Wildman–Crippen LogP) is 2.48. The van der Waals surface area contributed by atoms with Crippen LogP contribution in [0.25, 0.3) is 6.08 Å². The molecule has 0 spiro atoms. The zero-order valence-corrected chi connectivity index (χ0v) is 16.0. The van der Waals surface area contributed by atoms with E-state index in [4.69, 9.17) is 17.3 Å². The largest absolute Gasteiger partial charge is 0.478 e. The summed E-state index contributed by atoms with van der Waals surface area (Å²) in [4.78, 5) is 25.8. The predicted molar refractivity (Wildman–Crippen MR) is 105 cm³/mol. The fourth-order valence-corrected chi connectivity index (χ4v) is 4.52. The fourth-order valence-electron chi connectivity index (χ4n) is 2.19. The molecule has 2 aromatic rings. The van der Waals surface area contributed by atoms with E-state index in [1.165, 1.54) is 30.3 Å². The number of carbonyl (C=O) groups excluding carboxylic acids is 1. The molecule has 0 bridgehead atoms. The van der Waals surface area contributed by atoms with E-state index in [0.717, 1.165) is 16.8 Å². The summed E-state index contributed by atoms with van der Waals surface area (Å²) < 4.78 is 24.8. The second-order valence-electron chi connectivity index (χ2n) is 5.35. The summed E-state index contributed by atoms with van der Waals surface area (Å²) in [5, 5.41) is 9.72. The summed E-state index contributed by atoms with van der Waals surface area (Å²) in [6.45, 7) is 0. The van der Waals surface area contributed by atoms with Crippen LogP contribution in [-0.4, -0.2) is 34.7 Å². The van der Waals surface area contributed by atoms with Crippen LogP contribution in [0.2, 0.25) is 0 Å². The highest BCUT2D eigenvalue weighted by Crippen LogP contribution is 2.32. The van der Waals surface area contributed by atoms with Crippen LogP contribution in [0.3, 0.4) is 0 Å². The van der Waals surface area contributed by atoms with Crippen molar-refractivity contribution in [3.05, 3.63) is 70.6 Å². The van der Waals surface area contributed by atoms with E-state index in [1.807, 2.05) is 0 Å². The first-order valence-electron chi connectivity index (χ1n) is 7.47. The van der Waals surface area contributed by atoms with Gasteiger partial charge in [-0.25, -0.2) is 18.2 Å². The first-order valence-corrected chi connectivity index (χ1v) is 10.2. The van der Waals surface area contributed by atoms with Crippen molar-refractivity contribution in [2.24, 2.45) is 0 Å². The average molecular weight is 420 g/mol. The molecular weight excluding hydrogens is 408 g/mol. The van der Waals surface area contributed by atoms with Crippen molar-refractivity contribution in [3.63, 3.8) is 0 Å². The van der Waals surface area contributed by atoms with Crippen molar-refractivity contribution < 1.29 is 23.1 Å². The van der Waals surface area contributed by atoms with E-state index in [-0.39, 0.29) is 19.7 Å². The maximum atomic E-state index is 12.5. The number of carboxylic acids is 1. The number of benzene rings is 2. The molecule has 1 aliphatic heterocycles. The molecule has 27 heavy (non-hydrogen) atoms. The fraction of sp³-hybridized carbons (Fsp3) is 0. The van der Waals surface area contributed by atoms with Crippen LogP contribution >= 0.6 is 24.0 Å². The minimum absolute atomic E-state index is 0.00675. The van der Waals surface area contributed by atoms with Crippen molar-refractivity contribution in [2.75, 3.05) is 0 Å². The molecule has 0 radical (unpaired) electrons. The SMILES string of the molecule is O=C(O)c1ccc(/C=C2/SC(=S)N(NS(=O)(=O)c3ccccc3)C2=O)cc1. The smallest absolute Gasteiger partial charge is 0.335 e. The number of carbonyl (C=O) groups is 2. The van der Waals surface area contributed by atoms with Crippen molar-refractivity contribution >= 4 is 56.3 Å². The van der Waals surface area contributed by atoms with Crippen molar-refractivity contribution in [1.82, 2.24) is 9.84 Å². The van der Waals surface area contributed by atoms with Gasteiger partial charge in [0.05, 0.1) is 15.4 Å². The Morgan fingerprint density at radius 3 is 2.33 bits per heavy atom. The lowest BCUT2D eigenvalue weighted by Crippen LogP contribution is -2.44. The molecule has 2 N–H and O–H groups in total. The number of hydrogen-bond acceptors (Lipinski definition) is 6. The van der Waals surface area contributed by atoms with Crippen molar-refractivity contribution in [3.8, 4) is 0 Å². The third-order valence-electron chi connectivity index (χ3n) is 3.51. The van der Waals surface area contributed by atoms with Crippen LogP contribution in [0.5, 0.6) is 0 Å². The number of carboxylic acid groups (broad SMARTS) is 1. The average Bonchev–Trinajstić information content (AvgIpc) is 2.90. The van der Waals surface area contributed by atoms with Gasteiger partial charge < -0.3 is 5.11 Å². The maximum Gasteiger partial charge on any atom is 0.335 e. The van der Waals surface area contributed by atoms with E-state index in [2.05, 4.69) is 4.83 Å². The Labute approximate surface area is 164 Å². The van der Waals surface area contributed by atoms with Gasteiger partial charge in [-0.05, 0) is 35.9 Å². The van der Waals surface area contributed by atoms with Crippen LogP contribution in [0.1, 0.15) is 15.9 Å². The van der Waals surface area contributed by atoms with Crippen LogP contribution in [-0.2, 0) is 14.8 Å². The molecule has 1 aliphatic rings. The molecule has 0 atom stereocenters. The van der Waals surface area contributed by atoms with Gasteiger partial charge in [0.25, 0.3) is 15.9 Å². The molecule has 3 rings (SSSR count). The standard InChI is InChI=1S/C17H12N2O5S3/c20-15-14(10-11-6-8-12(9-7-11)16(21)22)26-17(25)19(15)18-27(23,24)13-4-2-1-3-5-13/h1-10,18H,(H,21,22)/b14-10+. The molecule has 0 unspecified atom stereocenters. The molecule has 1 fully saturated rings. The quantitative estimate of drug-likeness (QED) is 0.566. The summed E-state index contributed by atoms with van der Waals surface area (Å²) in [6, 6.07) is 13.5. The van der Waals surface area contributed by atoms with Gasteiger partial charge in [-0.3, -0.25) is 4.79 Å². The monoisotopic (exact) mass is 420 g/mol. The lowest BCUT2D eigenvalue weighted by Gasteiger charge is -2.15. The molecule has 138 valence electrons. The summed E-state index contributed by atoms with van der Waals surface area (Å²) in [5.74, 6) is -1.66. The Hall–Kier alpha value is -2.53. The van der Waals surface area contributed by atoms with Gasteiger partial charge in [0.1, 0.15) is 0 Å². The minimum Gasteiger partial charge on any atom is -0.478 e. The van der Waals surface area contributed by atoms with E-state index in [0.29, 0.717) is 5.56 Å². The number of sulfonamides is 1. The van der Waals surface area contributed by atoms with Gasteiger partial charge >= 0.3 is 5.97 Å². The van der Waals surface area contributed by atoms with Crippen molar-refractivity contribution in [2.45, 2.75) is 4.90 Å². The molecule has 1 amide bonds. The van der Waals surface area contributed by atoms with Gasteiger partial charge in [0, 0.05) is 0 Å². The van der Waals surface area contributed by atoms with Crippen LogP contribution in [0, 0.1) is 0 Å². The number of nitrogens with zero attached hydrogens (tertiary/aromatic N) is 1. The molecular formula is C17H12N2O5S3. The molecule has 0 saturated carbocycles. The lowest BCUT2D eigenvalue weighted by atomic mass is 10.1. The topological polar surface area (TPSA) is 104 Å². The Bertz CT molecular complexity index is 1050. The maximum absolute atomic E-state index is 12.5. The first kappa shape index (κ1) is 19.2. The number of thioether (sulfide) groups is 1. The minimum atomic E-state index is -3.96. The zero-order valence-electron chi connectivity index (χ0n) is 13.5. The Balaban J connectivity index is 1.82. The number of nitrogens with one attached hydrogen (secondary N) is 1. The molecule has 0 aromatic heterocycles. The van der Waals surface area contributed by atoms with Gasteiger partial charge in [-0.1, -0.05) is 54.3 Å². The summed E-state index contributed by atoms with van der Waals surface area (Å²) in [7, 11) is -3.96. The van der Waals surface area contributed by atoms with Crippen LogP contribution in [0.4, 0.5) is 0 Å². The van der Waals surface area contributed by atoms with Crippen LogP contribution in [0.15, 0.2) is 64.4 Å². The van der Waals surface area contributed by atoms with E-state index in [9.17, 15) is 18.0 Å². The second kappa shape index (κ2) is 7.61. The summed E-state index contributed by atoms with van der Waals surface area (Å²) in [5.41, 5.74) is 0.710. The highest BCUT2D eigenvalue weighted by atomic mass is 32.2. The van der Waals surface area contributed by atoms with E-state index >= 15 is 0 Å². The number of rotatable bonds is 5. The van der Waals surface area contributed by atoms with Crippen molar-refractivity contribution in [1.29, 1.82) is 0 Å². The first-order chi connectivity index (χ1) is 12.8. The lowest BCUT2D eigenvalue weighted by molar-refractivity contribution is -0.123. The van der Waals surface area contributed by atoms with E-state index in [1.54, 1.807) is 30.3 Å². The number of hydrazine groups is 1. The summed E-state index contributed by atoms with van der Waals surface area (Å²) >= 11 is 6.06. The zero-order chi connectivity index (χ0) is 19.6. The Morgan fingerprint density at radius 2 is 1.74 bits per heavy atom. The highest BCUT2D eigenvalue weighted by molar-refractivity contribution is 8.26. The van der Waals surface area contributed by atoms with Gasteiger partial charge in [-0.2, -0.15) is 0 Å². The number of amides is 1. The molecule has 1 heterocycles. The second-order valence-corrected chi connectivity index (χ2v) is 8.69. The molecule has 7 nitrogen and oxygen atoms in total. The van der Waals surface area contributed by atoms with E-state index < -0.39 is 21.9 Å². The summed E-state index contributed by atoms with van der Waals surface area (Å²) in [6.07, 6.45) is 1.52. The third kappa shape index (κ3) is 4.25. The molecule has 0 aliphatic carbocycles. The Morgan fingerprint density at radius 1 is 1.11 bits per heavy atom. The molecule has 10 heteroatoms. The molecule has 2 aromatic carbocycles. The van der Waals surface area contributed by atoms with Gasteiger partial charge in [0.2, 0.25) is 0 Å². The number of thiocarbonyl (C=S) groups is 1.